The summed E-state index contributed by atoms with van der Waals surface area (Å²) in [6, 6.07) is 5.70. The van der Waals surface area contributed by atoms with Gasteiger partial charge >= 0.3 is 0 Å². The van der Waals surface area contributed by atoms with Crippen LogP contribution in [0.15, 0.2) is 23.0 Å². The lowest BCUT2D eigenvalue weighted by Gasteiger charge is -2.12. The van der Waals surface area contributed by atoms with Crippen LogP contribution in [0.25, 0.3) is 15.9 Å². The van der Waals surface area contributed by atoms with Gasteiger partial charge in [0, 0.05) is 4.88 Å². The lowest BCUT2D eigenvalue weighted by Crippen LogP contribution is -2.21. The summed E-state index contributed by atoms with van der Waals surface area (Å²) < 4.78 is 7.29. The second kappa shape index (κ2) is 5.37. The molecule has 0 unspecified atom stereocenters. The van der Waals surface area contributed by atoms with Crippen molar-refractivity contribution < 1.29 is 4.74 Å². The Morgan fingerprint density at radius 2 is 2.00 bits per heavy atom. The number of methoxy groups -OCH3 is 1. The number of thiophene rings is 1. The number of H-pyrrole nitrogens is 1. The average Bonchev–Trinajstić information content (AvgIpc) is 2.74. The molecule has 114 valence electrons. The minimum Gasteiger partial charge on any atom is -0.495 e. The fourth-order valence-electron chi connectivity index (χ4n) is 2.52. The first-order valence-corrected chi connectivity index (χ1v) is 8.06. The third-order valence-corrected chi connectivity index (χ3v) is 5.21. The molecule has 0 saturated carbocycles. The maximum absolute atomic E-state index is 13.0. The maximum atomic E-state index is 13.0. The van der Waals surface area contributed by atoms with Crippen LogP contribution >= 0.6 is 23.6 Å². The largest absolute Gasteiger partial charge is 0.495 e. The van der Waals surface area contributed by atoms with E-state index in [0.29, 0.717) is 21.6 Å². The summed E-state index contributed by atoms with van der Waals surface area (Å²) in [5, 5.41) is 0.694. The predicted octanol–water partition coefficient (Wildman–Crippen LogP) is 4.04. The Morgan fingerprint density at radius 1 is 1.27 bits per heavy atom. The van der Waals surface area contributed by atoms with Gasteiger partial charge in [-0.05, 0) is 56.2 Å². The summed E-state index contributed by atoms with van der Waals surface area (Å²) in [5.74, 6) is 0.621. The molecule has 2 heterocycles. The quantitative estimate of drug-likeness (QED) is 0.720. The van der Waals surface area contributed by atoms with Crippen LogP contribution < -0.4 is 10.3 Å². The lowest BCUT2D eigenvalue weighted by atomic mass is 10.2. The van der Waals surface area contributed by atoms with Crippen LogP contribution in [0.5, 0.6) is 5.75 Å². The summed E-state index contributed by atoms with van der Waals surface area (Å²) in [4.78, 5) is 18.1. The van der Waals surface area contributed by atoms with E-state index in [1.54, 1.807) is 18.4 Å². The first-order chi connectivity index (χ1) is 10.4. The summed E-state index contributed by atoms with van der Waals surface area (Å²) in [6.07, 6.45) is 0. The summed E-state index contributed by atoms with van der Waals surface area (Å²) in [6.45, 7) is 5.94. The number of hydrogen-bond acceptors (Lipinski definition) is 4. The van der Waals surface area contributed by atoms with Crippen molar-refractivity contribution in [1.29, 1.82) is 0 Å². The number of nitrogens with zero attached hydrogens (tertiary/aromatic N) is 1. The summed E-state index contributed by atoms with van der Waals surface area (Å²) in [7, 11) is 1.59. The van der Waals surface area contributed by atoms with Crippen LogP contribution in [0.2, 0.25) is 0 Å². The van der Waals surface area contributed by atoms with Gasteiger partial charge in [-0.3, -0.25) is 4.79 Å². The second-order valence-electron chi connectivity index (χ2n) is 5.23. The standard InChI is InChI=1S/C16H16N2O2S2/c1-8-5-6-12(20-4)11(7-8)18-15(19)13-9(2)10(3)22-14(13)17-16(18)21/h5-7H,1-4H3,(H,17,21). The van der Waals surface area contributed by atoms with Gasteiger partial charge in [0.1, 0.15) is 10.6 Å². The molecule has 4 nitrogen and oxygen atoms in total. The van der Waals surface area contributed by atoms with E-state index >= 15 is 0 Å². The highest BCUT2D eigenvalue weighted by Gasteiger charge is 2.16. The molecule has 2 aromatic heterocycles. The summed E-state index contributed by atoms with van der Waals surface area (Å²) in [5.41, 5.74) is 2.59. The van der Waals surface area contributed by atoms with Crippen LogP contribution in [0.4, 0.5) is 0 Å². The van der Waals surface area contributed by atoms with Gasteiger partial charge in [0.15, 0.2) is 4.77 Å². The molecule has 0 bridgehead atoms. The molecule has 6 heteroatoms. The Bertz CT molecular complexity index is 996. The number of rotatable bonds is 2. The van der Waals surface area contributed by atoms with Gasteiger partial charge in [-0.25, -0.2) is 4.57 Å². The van der Waals surface area contributed by atoms with Gasteiger partial charge < -0.3 is 9.72 Å². The highest BCUT2D eigenvalue weighted by atomic mass is 32.1. The third-order valence-electron chi connectivity index (χ3n) is 3.80. The van der Waals surface area contributed by atoms with Crippen molar-refractivity contribution in [2.24, 2.45) is 0 Å². The van der Waals surface area contributed by atoms with E-state index in [4.69, 9.17) is 17.0 Å². The van der Waals surface area contributed by atoms with Crippen molar-refractivity contribution >= 4 is 33.8 Å². The number of hydrogen-bond donors (Lipinski definition) is 1. The fourth-order valence-corrected chi connectivity index (χ4v) is 3.92. The molecular weight excluding hydrogens is 316 g/mol. The number of aromatic nitrogens is 2. The lowest BCUT2D eigenvalue weighted by molar-refractivity contribution is 0.412. The Labute approximate surface area is 137 Å². The smallest absolute Gasteiger partial charge is 0.268 e. The van der Waals surface area contributed by atoms with E-state index in [-0.39, 0.29) is 5.56 Å². The highest BCUT2D eigenvalue weighted by Crippen LogP contribution is 2.28. The number of aryl methyl sites for hydroxylation is 3. The molecule has 0 saturated heterocycles. The van der Waals surface area contributed by atoms with Gasteiger partial charge in [0.05, 0.1) is 18.2 Å². The van der Waals surface area contributed by atoms with E-state index in [9.17, 15) is 4.79 Å². The average molecular weight is 332 g/mol. The Kier molecular flexibility index (Phi) is 3.66. The second-order valence-corrected chi connectivity index (χ2v) is 6.84. The van der Waals surface area contributed by atoms with Crippen LogP contribution in [-0.4, -0.2) is 16.7 Å². The van der Waals surface area contributed by atoms with Gasteiger partial charge in [-0.1, -0.05) is 6.07 Å². The minimum atomic E-state index is -0.107. The fraction of sp³-hybridized carbons (Fsp3) is 0.250. The van der Waals surface area contributed by atoms with Crippen LogP contribution in [0.3, 0.4) is 0 Å². The highest BCUT2D eigenvalue weighted by molar-refractivity contribution is 7.71. The molecule has 0 aliphatic heterocycles. The SMILES string of the molecule is COc1ccc(C)cc1-n1c(=S)[nH]c2sc(C)c(C)c2c1=O. The van der Waals surface area contributed by atoms with E-state index in [1.807, 2.05) is 39.0 Å². The third kappa shape index (κ3) is 2.19. The van der Waals surface area contributed by atoms with Crippen molar-refractivity contribution in [2.75, 3.05) is 7.11 Å². The number of benzene rings is 1. The molecule has 0 aliphatic rings. The molecule has 3 aromatic rings. The molecule has 0 amide bonds. The molecule has 0 fully saturated rings. The van der Waals surface area contributed by atoms with Crippen LogP contribution in [-0.2, 0) is 0 Å². The van der Waals surface area contributed by atoms with Gasteiger partial charge in [-0.15, -0.1) is 11.3 Å². The zero-order valence-corrected chi connectivity index (χ0v) is 14.4. The maximum Gasteiger partial charge on any atom is 0.268 e. The molecule has 1 N–H and O–H groups in total. The van der Waals surface area contributed by atoms with E-state index in [2.05, 4.69) is 4.98 Å². The van der Waals surface area contributed by atoms with Crippen molar-refractivity contribution in [3.8, 4) is 11.4 Å². The molecule has 0 radical (unpaired) electrons. The first kappa shape index (κ1) is 15.0. The van der Waals surface area contributed by atoms with Crippen molar-refractivity contribution in [3.63, 3.8) is 0 Å². The van der Waals surface area contributed by atoms with E-state index in [0.717, 1.165) is 20.8 Å². The molecule has 3 rings (SSSR count). The van der Waals surface area contributed by atoms with Crippen molar-refractivity contribution in [3.05, 3.63) is 49.3 Å². The van der Waals surface area contributed by atoms with Crippen LogP contribution in [0, 0.1) is 25.5 Å². The van der Waals surface area contributed by atoms with E-state index < -0.39 is 0 Å². The number of ether oxygens (including phenoxy) is 1. The van der Waals surface area contributed by atoms with Gasteiger partial charge in [0.25, 0.3) is 5.56 Å². The van der Waals surface area contributed by atoms with E-state index in [1.165, 1.54) is 4.57 Å². The molecule has 1 aromatic carbocycles. The van der Waals surface area contributed by atoms with Crippen LogP contribution in [0.1, 0.15) is 16.0 Å². The number of aromatic amines is 1. The molecule has 0 spiro atoms. The van der Waals surface area contributed by atoms with Gasteiger partial charge in [-0.2, -0.15) is 0 Å². The topological polar surface area (TPSA) is 47.0 Å². The Balaban J connectivity index is 2.47. The Hall–Kier alpha value is -1.92. The molecular formula is C16H16N2O2S2. The first-order valence-electron chi connectivity index (χ1n) is 6.84. The zero-order chi connectivity index (χ0) is 16.0. The minimum absolute atomic E-state index is 0.107. The van der Waals surface area contributed by atoms with Crippen molar-refractivity contribution in [1.82, 2.24) is 9.55 Å². The predicted molar refractivity (Wildman–Crippen MR) is 93.4 cm³/mol. The molecule has 0 atom stereocenters. The monoisotopic (exact) mass is 332 g/mol. The number of nitrogens with one attached hydrogen (secondary N) is 1. The number of fused-ring (bicyclic) bond motifs is 1. The van der Waals surface area contributed by atoms with Crippen molar-refractivity contribution in [2.45, 2.75) is 20.8 Å². The zero-order valence-electron chi connectivity index (χ0n) is 12.8. The summed E-state index contributed by atoms with van der Waals surface area (Å²) >= 11 is 6.97. The normalized spacial score (nSPS) is 11.1. The Morgan fingerprint density at radius 3 is 2.68 bits per heavy atom. The van der Waals surface area contributed by atoms with Gasteiger partial charge in [0.2, 0.25) is 0 Å². The molecule has 0 aliphatic carbocycles. The molecule has 22 heavy (non-hydrogen) atoms.